The molecular weight excluding hydrogens is 1180 g/mol. The molecule has 8 rings (SSSR count). The summed E-state index contributed by atoms with van der Waals surface area (Å²) in [5, 5.41) is 55.2. The summed E-state index contributed by atoms with van der Waals surface area (Å²) in [5.41, 5.74) is 8.28. The molecule has 0 atom stereocenters. The third kappa shape index (κ3) is 30.1. The van der Waals surface area contributed by atoms with Gasteiger partial charge >= 0.3 is 110 Å². The Labute approximate surface area is 537 Å². The van der Waals surface area contributed by atoms with Gasteiger partial charge in [-0.25, -0.2) is 19.9 Å². The molecule has 4 saturated heterocycles. The van der Waals surface area contributed by atoms with Crippen molar-refractivity contribution in [3.63, 3.8) is 0 Å². The Balaban J connectivity index is -0.000000839. The molecule has 4 fully saturated rings. The molecule has 4 aliphatic heterocycles. The van der Waals surface area contributed by atoms with E-state index < -0.39 is 21.9 Å². The molecule has 400 valence electrons. The van der Waals surface area contributed by atoms with Crippen LogP contribution >= 0.6 is 43.5 Å². The minimum atomic E-state index is -1.17. The summed E-state index contributed by atoms with van der Waals surface area (Å²) in [6.45, 7) is 16.1. The minimum Gasteiger partial charge on any atom is -1.00 e. The number of anilines is 4. The third-order valence-electron chi connectivity index (χ3n) is 9.38. The number of halogens is 3. The van der Waals surface area contributed by atoms with Crippen molar-refractivity contribution in [2.45, 2.75) is 47.4 Å². The van der Waals surface area contributed by atoms with Crippen LogP contribution in [0, 0.1) is 44.2 Å². The Bertz CT molecular complexity index is 2180. The monoisotopic (exact) mass is 1240 g/mol. The summed E-state index contributed by atoms with van der Waals surface area (Å²) >= 11 is 11.8. The van der Waals surface area contributed by atoms with E-state index >= 15 is 0 Å². The van der Waals surface area contributed by atoms with Crippen molar-refractivity contribution >= 4 is 97.3 Å². The number of rotatable bonds is 7. The Morgan fingerprint density at radius 3 is 1.28 bits per heavy atom. The number of hydrogen-bond donors (Lipinski definition) is 3. The molecule has 4 N–H and O–H groups in total. The van der Waals surface area contributed by atoms with Crippen LogP contribution in [0.5, 0.6) is 0 Å². The number of aryl methyl sites for hydroxylation is 2. The zero-order valence-corrected chi connectivity index (χ0v) is 51.4. The normalized spacial score (nSPS) is 14.3. The second kappa shape index (κ2) is 42.8. The number of nitrogen functional groups attached to an aromatic ring is 1. The van der Waals surface area contributed by atoms with E-state index in [4.69, 9.17) is 56.4 Å². The number of carbonyl (C=O) groups excluding carboxylic acids is 1. The van der Waals surface area contributed by atoms with Crippen molar-refractivity contribution in [3.8, 4) is 0 Å². The maximum Gasteiger partial charge on any atom is 1.00 e. The Morgan fingerprint density at radius 2 is 0.973 bits per heavy atom. The molecule has 0 radical (unpaired) electrons. The average Bonchev–Trinajstić information content (AvgIpc) is 3.36. The van der Waals surface area contributed by atoms with E-state index in [0.717, 1.165) is 106 Å². The molecule has 4 aromatic rings. The van der Waals surface area contributed by atoms with Gasteiger partial charge in [0.1, 0.15) is 41.2 Å². The largest absolute Gasteiger partial charge is 1.00 e. The first kappa shape index (κ1) is 73.8. The molecule has 0 aliphatic carbocycles. The van der Waals surface area contributed by atoms with Crippen molar-refractivity contribution in [3.05, 3.63) is 105 Å². The molecule has 4 aromatic heterocycles. The Morgan fingerprint density at radius 1 is 0.649 bits per heavy atom. The number of aromatic nitrogens is 4. The van der Waals surface area contributed by atoms with Crippen molar-refractivity contribution < 1.29 is 163 Å². The third-order valence-corrected chi connectivity index (χ3v) is 11.1. The summed E-state index contributed by atoms with van der Waals surface area (Å²) in [6, 6.07) is 6.28. The quantitative estimate of drug-likeness (QED) is 0.0520. The number of pyridine rings is 4. The summed E-state index contributed by atoms with van der Waals surface area (Å²) in [7, 11) is -1.17. The molecular formula is C42H61BBr2ClK2N11O15. The molecule has 8 heterocycles. The summed E-state index contributed by atoms with van der Waals surface area (Å²) < 4.78 is 21.9. The molecule has 0 bridgehead atoms. The number of morpholine rings is 3. The summed E-state index contributed by atoms with van der Waals surface area (Å²) in [4.78, 5) is 63.7. The number of nitrogens with two attached hydrogens (primary N) is 1. The van der Waals surface area contributed by atoms with Gasteiger partial charge in [0.15, 0.2) is 0 Å². The molecule has 26 nitrogen and oxygen atoms in total. The van der Waals surface area contributed by atoms with Crippen LogP contribution < -0.4 is 128 Å². The van der Waals surface area contributed by atoms with Gasteiger partial charge in [0.2, 0.25) is 0 Å². The first-order chi connectivity index (χ1) is 33.9. The zero-order chi connectivity index (χ0) is 52.7. The van der Waals surface area contributed by atoms with Crippen molar-refractivity contribution in [2.75, 3.05) is 113 Å². The number of hydrogen-bond acceptors (Lipinski definition) is 23. The Kier molecular flexibility index (Phi) is 42.7. The SMILES string of the molecule is C.C1CCOCC1.CB(O)O.Cc1cc(N)cnc1N1CCOCC1.Cc1cc([N+](=O)[O-])cnc1N1CCOCC1.O=CO[O-].O=[N+]([O-])c1cnc(Cl)c(Br)c1.O=[N+]([O-])c1cnc(N2CCOCC2)c(Br)c1.[H-].[K+].[K+]. The number of nitrogens with zero attached hydrogens (tertiary/aromatic N) is 10. The minimum absolute atomic E-state index is 0. The number of ether oxygens (including phenoxy) is 4. The maximum absolute atomic E-state index is 10.6. The number of carbonyl (C=O) groups is 1. The molecule has 32 heteroatoms. The molecule has 0 saturated carbocycles. The molecule has 0 spiro atoms. The standard InChI is InChI=1S/C10H13N3O3.C10H15N3O.C9H10BrN3O3.C5H2BrClN2O2.C5H10O.CH5BO2.CH2O3.CH4.2K.H/c1-8-6-9(13(14)15)7-11-10(8)12-2-4-16-5-3-12;1-8-6-9(11)7-12-10(8)13-2-4-14-5-3-13;10-8-5-7(13(14)15)6-11-9(8)12-1-3-16-4-2-12;6-4-1-3(9(10)11)2-8-5(4)7;1-2-4-6-5-3-1;1-2(3)4;2-1-4-3;;;;/h6-7H,2-5H2,1H3;6-7H,2-5,11H2,1H3;5-6H,1-4H2;1-2H;1-5H2;3-4H,1H3;1,3H;1H4;;;/q;;;;;;;;2*+1;-1/p-1. The maximum atomic E-state index is 10.6. The van der Waals surface area contributed by atoms with E-state index in [1.54, 1.807) is 12.3 Å². The van der Waals surface area contributed by atoms with E-state index in [9.17, 15) is 30.3 Å². The molecule has 0 unspecified atom stereocenters. The zero-order valence-electron chi connectivity index (χ0n) is 42.2. The average molecular weight is 1240 g/mol. The molecule has 4 aliphatic rings. The fourth-order valence-corrected chi connectivity index (χ4v) is 7.21. The first-order valence-electron chi connectivity index (χ1n) is 21.6. The van der Waals surface area contributed by atoms with Gasteiger partial charge in [-0.3, -0.25) is 35.1 Å². The van der Waals surface area contributed by atoms with Gasteiger partial charge < -0.3 is 61.0 Å². The van der Waals surface area contributed by atoms with Gasteiger partial charge in [0.25, 0.3) is 23.5 Å². The molecule has 0 aromatic carbocycles. The van der Waals surface area contributed by atoms with Crippen LogP contribution in [-0.4, -0.2) is 150 Å². The number of nitro groups is 3. The van der Waals surface area contributed by atoms with Crippen molar-refractivity contribution in [1.29, 1.82) is 0 Å². The van der Waals surface area contributed by atoms with Gasteiger partial charge in [-0.2, -0.15) is 0 Å². The second-order valence-corrected chi connectivity index (χ2v) is 16.8. The van der Waals surface area contributed by atoms with Crippen LogP contribution in [0.4, 0.5) is 40.2 Å². The van der Waals surface area contributed by atoms with Gasteiger partial charge in [-0.05, 0) is 89.0 Å². The van der Waals surface area contributed by atoms with Gasteiger partial charge in [-0.15, -0.1) is 0 Å². The van der Waals surface area contributed by atoms with Crippen LogP contribution in [0.25, 0.3) is 0 Å². The van der Waals surface area contributed by atoms with Gasteiger partial charge in [0, 0.05) is 70.7 Å². The van der Waals surface area contributed by atoms with Crippen LogP contribution in [0.2, 0.25) is 12.0 Å². The fraction of sp³-hybridized carbons (Fsp3) is 0.500. The van der Waals surface area contributed by atoms with Crippen LogP contribution in [-0.2, 0) is 28.6 Å². The predicted molar refractivity (Wildman–Crippen MR) is 276 cm³/mol. The van der Waals surface area contributed by atoms with Crippen LogP contribution in [0.15, 0.2) is 58.0 Å². The van der Waals surface area contributed by atoms with E-state index in [1.807, 2.05) is 24.8 Å². The van der Waals surface area contributed by atoms with E-state index in [1.165, 1.54) is 50.6 Å². The van der Waals surface area contributed by atoms with E-state index in [2.05, 4.69) is 66.5 Å². The topological polar surface area (TPSA) is 343 Å². The van der Waals surface area contributed by atoms with Gasteiger partial charge in [0.05, 0.1) is 75.2 Å². The van der Waals surface area contributed by atoms with Crippen molar-refractivity contribution in [2.24, 2.45) is 0 Å². The van der Waals surface area contributed by atoms with E-state index in [0.29, 0.717) is 35.4 Å². The van der Waals surface area contributed by atoms with Crippen molar-refractivity contribution in [1.82, 2.24) is 19.9 Å². The molecule has 74 heavy (non-hydrogen) atoms. The van der Waals surface area contributed by atoms with Crippen LogP contribution in [0.1, 0.15) is 39.2 Å². The summed E-state index contributed by atoms with van der Waals surface area (Å²) in [5.74, 6) is 2.57. The smallest absolute Gasteiger partial charge is 1.00 e. The van der Waals surface area contributed by atoms with Gasteiger partial charge in [-0.1, -0.05) is 19.0 Å². The Hall–Kier alpha value is -2.22. The van der Waals surface area contributed by atoms with E-state index in [-0.39, 0.29) is 140 Å². The predicted octanol–water partition coefficient (Wildman–Crippen LogP) is -0.595. The second-order valence-electron chi connectivity index (χ2n) is 14.8. The van der Waals surface area contributed by atoms with Crippen LogP contribution in [0.3, 0.4) is 0 Å². The summed E-state index contributed by atoms with van der Waals surface area (Å²) in [6.07, 6.45) is 9.32. The first-order valence-corrected chi connectivity index (χ1v) is 23.6. The molecule has 0 amide bonds. The fourth-order valence-electron chi connectivity index (χ4n) is 6.18.